The summed E-state index contributed by atoms with van der Waals surface area (Å²) in [4.78, 5) is 40.9. The number of pyridine rings is 1. The summed E-state index contributed by atoms with van der Waals surface area (Å²) in [6, 6.07) is 11.7. The molecule has 6 heteroatoms. The molecule has 0 bridgehead atoms. The van der Waals surface area contributed by atoms with Crippen molar-refractivity contribution in [1.29, 1.82) is 0 Å². The van der Waals surface area contributed by atoms with Gasteiger partial charge in [-0.05, 0) is 43.3 Å². The molecule has 23 heavy (non-hydrogen) atoms. The van der Waals surface area contributed by atoms with Crippen molar-refractivity contribution in [2.24, 2.45) is 0 Å². The van der Waals surface area contributed by atoms with E-state index in [-0.39, 0.29) is 30.6 Å². The highest BCUT2D eigenvalue weighted by Crippen LogP contribution is 2.23. The number of nitrogens with zero attached hydrogens (tertiary/aromatic N) is 2. The molecule has 0 saturated carbocycles. The van der Waals surface area contributed by atoms with Gasteiger partial charge in [0.25, 0.3) is 5.91 Å². The van der Waals surface area contributed by atoms with Crippen molar-refractivity contribution in [3.8, 4) is 0 Å². The molecular weight excluding hydrogens is 294 g/mol. The Morgan fingerprint density at radius 1 is 1.04 bits per heavy atom. The molecule has 1 aromatic carbocycles. The molecule has 1 aliphatic rings. The van der Waals surface area contributed by atoms with Gasteiger partial charge in [0.2, 0.25) is 11.8 Å². The van der Waals surface area contributed by atoms with Gasteiger partial charge < -0.3 is 5.32 Å². The van der Waals surface area contributed by atoms with Crippen LogP contribution in [-0.2, 0) is 9.59 Å². The molecule has 0 atom stereocenters. The van der Waals surface area contributed by atoms with Crippen LogP contribution in [0.15, 0.2) is 42.5 Å². The van der Waals surface area contributed by atoms with Crippen LogP contribution >= 0.6 is 0 Å². The Labute approximate surface area is 133 Å². The van der Waals surface area contributed by atoms with Crippen LogP contribution in [0.4, 0.5) is 11.5 Å². The lowest BCUT2D eigenvalue weighted by Crippen LogP contribution is -2.28. The zero-order valence-corrected chi connectivity index (χ0v) is 12.6. The molecule has 0 spiro atoms. The second kappa shape index (κ2) is 6.00. The van der Waals surface area contributed by atoms with E-state index in [2.05, 4.69) is 10.3 Å². The van der Waals surface area contributed by atoms with Gasteiger partial charge in [0.05, 0.1) is 5.69 Å². The number of anilines is 2. The Bertz CT molecular complexity index is 768. The zero-order valence-electron chi connectivity index (χ0n) is 12.6. The van der Waals surface area contributed by atoms with Crippen LogP contribution in [-0.4, -0.2) is 22.7 Å². The first-order valence-corrected chi connectivity index (χ1v) is 7.25. The molecule has 1 aromatic heterocycles. The molecule has 3 amide bonds. The number of aromatic nitrogens is 1. The summed E-state index contributed by atoms with van der Waals surface area (Å²) in [7, 11) is 0. The fourth-order valence-corrected chi connectivity index (χ4v) is 2.43. The van der Waals surface area contributed by atoms with Gasteiger partial charge in [-0.15, -0.1) is 0 Å². The third-order valence-electron chi connectivity index (χ3n) is 3.57. The summed E-state index contributed by atoms with van der Waals surface area (Å²) in [6.45, 7) is 1.84. The largest absolute Gasteiger partial charge is 0.307 e. The number of hydrogen-bond acceptors (Lipinski definition) is 4. The number of nitrogens with one attached hydrogen (secondary N) is 1. The molecule has 1 saturated heterocycles. The minimum Gasteiger partial charge on any atom is -0.307 e. The highest BCUT2D eigenvalue weighted by atomic mass is 16.2. The average molecular weight is 309 g/mol. The molecular formula is C17H15N3O3. The van der Waals surface area contributed by atoms with Crippen LogP contribution in [0, 0.1) is 6.92 Å². The number of carbonyl (C=O) groups is 3. The molecule has 0 aliphatic carbocycles. The van der Waals surface area contributed by atoms with E-state index in [0.29, 0.717) is 17.1 Å². The number of carbonyl (C=O) groups excluding carboxylic acids is 3. The molecule has 1 N–H and O–H groups in total. The van der Waals surface area contributed by atoms with Crippen LogP contribution in [0.1, 0.15) is 28.9 Å². The lowest BCUT2D eigenvalue weighted by molar-refractivity contribution is -0.121. The third-order valence-corrected chi connectivity index (χ3v) is 3.57. The van der Waals surface area contributed by atoms with Crippen LogP contribution in [0.5, 0.6) is 0 Å². The molecule has 6 nitrogen and oxygen atoms in total. The van der Waals surface area contributed by atoms with Crippen molar-refractivity contribution in [3.63, 3.8) is 0 Å². The topological polar surface area (TPSA) is 79.4 Å². The van der Waals surface area contributed by atoms with E-state index in [1.54, 1.807) is 30.3 Å². The summed E-state index contributed by atoms with van der Waals surface area (Å²) in [5, 5.41) is 2.71. The van der Waals surface area contributed by atoms with Gasteiger partial charge in [0.1, 0.15) is 5.82 Å². The summed E-state index contributed by atoms with van der Waals surface area (Å²) < 4.78 is 0. The van der Waals surface area contributed by atoms with Gasteiger partial charge >= 0.3 is 0 Å². The number of aryl methyl sites for hydroxylation is 1. The quantitative estimate of drug-likeness (QED) is 0.882. The Morgan fingerprint density at radius 2 is 1.70 bits per heavy atom. The molecule has 2 heterocycles. The molecule has 0 radical (unpaired) electrons. The van der Waals surface area contributed by atoms with Gasteiger partial charge in [0, 0.05) is 24.1 Å². The lowest BCUT2D eigenvalue weighted by atomic mass is 10.2. The van der Waals surface area contributed by atoms with Crippen molar-refractivity contribution in [2.45, 2.75) is 19.8 Å². The number of benzene rings is 1. The minimum absolute atomic E-state index is 0.212. The monoisotopic (exact) mass is 309 g/mol. The first-order valence-electron chi connectivity index (χ1n) is 7.25. The van der Waals surface area contributed by atoms with Crippen molar-refractivity contribution < 1.29 is 14.4 Å². The fourth-order valence-electron chi connectivity index (χ4n) is 2.43. The maximum absolute atomic E-state index is 12.2. The zero-order chi connectivity index (χ0) is 16.4. The maximum atomic E-state index is 12.2. The average Bonchev–Trinajstić information content (AvgIpc) is 2.86. The minimum atomic E-state index is -0.297. The number of imide groups is 1. The number of hydrogen-bond donors (Lipinski definition) is 1. The van der Waals surface area contributed by atoms with Crippen LogP contribution in [0.3, 0.4) is 0 Å². The molecule has 2 aromatic rings. The molecule has 116 valence electrons. The van der Waals surface area contributed by atoms with Crippen molar-refractivity contribution in [1.82, 2.24) is 4.98 Å². The predicted octanol–water partition coefficient (Wildman–Crippen LogP) is 2.30. The Morgan fingerprint density at radius 3 is 2.30 bits per heavy atom. The van der Waals surface area contributed by atoms with E-state index in [4.69, 9.17) is 0 Å². The van der Waals surface area contributed by atoms with E-state index >= 15 is 0 Å². The summed E-state index contributed by atoms with van der Waals surface area (Å²) >= 11 is 0. The Balaban J connectivity index is 1.75. The summed E-state index contributed by atoms with van der Waals surface area (Å²) in [5.41, 5.74) is 1.73. The van der Waals surface area contributed by atoms with Gasteiger partial charge in [-0.3, -0.25) is 19.3 Å². The second-order valence-electron chi connectivity index (χ2n) is 5.29. The predicted molar refractivity (Wildman–Crippen MR) is 85.1 cm³/mol. The smallest absolute Gasteiger partial charge is 0.256 e. The van der Waals surface area contributed by atoms with Crippen LogP contribution in [0.2, 0.25) is 0 Å². The molecule has 3 rings (SSSR count). The lowest BCUT2D eigenvalue weighted by Gasteiger charge is -2.14. The van der Waals surface area contributed by atoms with Crippen LogP contribution in [0.25, 0.3) is 0 Å². The van der Waals surface area contributed by atoms with Gasteiger partial charge in [-0.2, -0.15) is 0 Å². The fraction of sp³-hybridized carbons (Fsp3) is 0.176. The van der Waals surface area contributed by atoms with E-state index in [1.165, 1.54) is 0 Å². The van der Waals surface area contributed by atoms with Gasteiger partial charge in [-0.1, -0.05) is 6.07 Å². The summed E-state index contributed by atoms with van der Waals surface area (Å²) in [5.74, 6) is -0.245. The van der Waals surface area contributed by atoms with Crippen LogP contribution < -0.4 is 10.2 Å². The first kappa shape index (κ1) is 14.9. The van der Waals surface area contributed by atoms with E-state index in [0.717, 1.165) is 10.6 Å². The first-order chi connectivity index (χ1) is 11.0. The number of rotatable bonds is 3. The number of amides is 3. The second-order valence-corrected chi connectivity index (χ2v) is 5.29. The molecule has 0 unspecified atom stereocenters. The normalized spacial score (nSPS) is 14.2. The highest BCUT2D eigenvalue weighted by Gasteiger charge is 2.30. The Kier molecular flexibility index (Phi) is 3.89. The Hall–Kier alpha value is -3.02. The standard InChI is InChI=1S/C17H15N3O3/c1-11-3-2-4-14(18-11)19-17(23)12-5-7-13(8-6-12)20-15(21)9-10-16(20)22/h2-8H,9-10H2,1H3,(H,18,19,23). The SMILES string of the molecule is Cc1cccc(NC(=O)c2ccc(N3C(=O)CCC3=O)cc2)n1. The molecule has 1 fully saturated rings. The van der Waals surface area contributed by atoms with E-state index in [9.17, 15) is 14.4 Å². The van der Waals surface area contributed by atoms with E-state index < -0.39 is 0 Å². The molecule has 1 aliphatic heterocycles. The van der Waals surface area contributed by atoms with Crippen molar-refractivity contribution in [2.75, 3.05) is 10.2 Å². The van der Waals surface area contributed by atoms with Crippen molar-refractivity contribution >= 4 is 29.2 Å². The van der Waals surface area contributed by atoms with Crippen molar-refractivity contribution in [3.05, 3.63) is 53.7 Å². The summed E-state index contributed by atoms with van der Waals surface area (Å²) in [6.07, 6.45) is 0.472. The maximum Gasteiger partial charge on any atom is 0.256 e. The highest BCUT2D eigenvalue weighted by molar-refractivity contribution is 6.20. The van der Waals surface area contributed by atoms with Gasteiger partial charge in [-0.25, -0.2) is 4.98 Å². The van der Waals surface area contributed by atoms with E-state index in [1.807, 2.05) is 19.1 Å². The third kappa shape index (κ3) is 3.11. The van der Waals surface area contributed by atoms with Gasteiger partial charge in [0.15, 0.2) is 0 Å².